The van der Waals surface area contributed by atoms with Gasteiger partial charge in [0, 0.05) is 12.4 Å². The zero-order chi connectivity index (χ0) is 10.7. The monoisotopic (exact) mass is 265 g/mol. The molecule has 0 radical (unpaired) electrons. The number of halogens is 1. The van der Waals surface area contributed by atoms with E-state index in [1.54, 1.807) is 30.7 Å². The molecule has 2 rings (SSSR count). The van der Waals surface area contributed by atoms with E-state index in [1.807, 2.05) is 0 Å². The van der Waals surface area contributed by atoms with Crippen LogP contribution in [-0.4, -0.2) is 9.97 Å². The van der Waals surface area contributed by atoms with Crippen molar-refractivity contribution in [1.29, 1.82) is 0 Å². The zero-order valence-corrected chi connectivity index (χ0v) is 9.31. The number of ether oxygens (including phenoxy) is 1. The number of nitrogens with two attached hydrogens (primary N) is 1. The number of hydrogen-bond acceptors (Lipinski definition) is 4. The third-order valence-corrected chi connectivity index (χ3v) is 2.30. The molecule has 4 nitrogen and oxygen atoms in total. The van der Waals surface area contributed by atoms with E-state index in [1.165, 1.54) is 6.20 Å². The van der Waals surface area contributed by atoms with E-state index in [0.29, 0.717) is 21.7 Å². The van der Waals surface area contributed by atoms with Gasteiger partial charge in [-0.15, -0.1) is 0 Å². The Morgan fingerprint density at radius 2 is 2.07 bits per heavy atom. The van der Waals surface area contributed by atoms with Gasteiger partial charge in [0.15, 0.2) is 5.75 Å². The lowest BCUT2D eigenvalue weighted by Crippen LogP contribution is -1.94. The molecule has 0 spiro atoms. The molecular weight excluding hydrogens is 258 g/mol. The highest BCUT2D eigenvalue weighted by Crippen LogP contribution is 2.33. The van der Waals surface area contributed by atoms with Crippen molar-refractivity contribution >= 4 is 21.6 Å². The molecule has 0 aliphatic carbocycles. The largest absolute Gasteiger partial charge is 0.452 e. The maximum Gasteiger partial charge on any atom is 0.167 e. The van der Waals surface area contributed by atoms with Gasteiger partial charge in [-0.25, -0.2) is 0 Å². The Kier molecular flexibility index (Phi) is 2.82. The molecule has 0 bridgehead atoms. The Morgan fingerprint density at radius 1 is 1.20 bits per heavy atom. The molecule has 0 atom stereocenters. The van der Waals surface area contributed by atoms with Gasteiger partial charge in [-0.1, -0.05) is 0 Å². The third-order valence-electron chi connectivity index (χ3n) is 1.73. The summed E-state index contributed by atoms with van der Waals surface area (Å²) in [6, 6.07) is 3.60. The molecule has 2 aromatic heterocycles. The molecule has 15 heavy (non-hydrogen) atoms. The number of aromatic nitrogens is 2. The molecule has 2 N–H and O–H groups in total. The van der Waals surface area contributed by atoms with Crippen LogP contribution in [0.15, 0.2) is 41.4 Å². The van der Waals surface area contributed by atoms with E-state index >= 15 is 0 Å². The number of anilines is 1. The maximum absolute atomic E-state index is 5.73. The van der Waals surface area contributed by atoms with Crippen LogP contribution in [0.25, 0.3) is 0 Å². The SMILES string of the molecule is Nc1cncc(Br)c1Oc1cccnc1. The van der Waals surface area contributed by atoms with E-state index in [-0.39, 0.29) is 0 Å². The summed E-state index contributed by atoms with van der Waals surface area (Å²) < 4.78 is 6.28. The van der Waals surface area contributed by atoms with E-state index in [2.05, 4.69) is 25.9 Å². The molecule has 76 valence electrons. The number of nitrogens with zero attached hydrogens (tertiary/aromatic N) is 2. The van der Waals surface area contributed by atoms with Gasteiger partial charge in [0.2, 0.25) is 0 Å². The second kappa shape index (κ2) is 4.27. The Balaban J connectivity index is 2.32. The minimum atomic E-state index is 0.480. The molecule has 0 aromatic carbocycles. The Morgan fingerprint density at radius 3 is 2.73 bits per heavy atom. The van der Waals surface area contributed by atoms with Crippen molar-refractivity contribution in [2.75, 3.05) is 5.73 Å². The van der Waals surface area contributed by atoms with Gasteiger partial charge in [0.25, 0.3) is 0 Å². The van der Waals surface area contributed by atoms with E-state index in [9.17, 15) is 0 Å². The predicted molar refractivity (Wildman–Crippen MR) is 60.7 cm³/mol. The highest BCUT2D eigenvalue weighted by molar-refractivity contribution is 9.10. The summed E-state index contributed by atoms with van der Waals surface area (Å²) in [4.78, 5) is 7.86. The maximum atomic E-state index is 5.73. The van der Waals surface area contributed by atoms with Crippen LogP contribution in [0.2, 0.25) is 0 Å². The van der Waals surface area contributed by atoms with Crippen molar-refractivity contribution < 1.29 is 4.74 Å². The van der Waals surface area contributed by atoms with Crippen molar-refractivity contribution in [1.82, 2.24) is 9.97 Å². The minimum Gasteiger partial charge on any atom is -0.452 e. The summed E-state index contributed by atoms with van der Waals surface area (Å²) in [5, 5.41) is 0. The summed E-state index contributed by atoms with van der Waals surface area (Å²) in [5.74, 6) is 1.19. The van der Waals surface area contributed by atoms with Crippen LogP contribution < -0.4 is 10.5 Å². The van der Waals surface area contributed by atoms with E-state index < -0.39 is 0 Å². The molecule has 2 aromatic rings. The van der Waals surface area contributed by atoms with Crippen molar-refractivity contribution in [2.45, 2.75) is 0 Å². The standard InChI is InChI=1S/C10H8BrN3O/c11-8-5-14-6-9(12)10(8)15-7-2-1-3-13-4-7/h1-6H,12H2. The summed E-state index contributed by atoms with van der Waals surface area (Å²) >= 11 is 3.32. The first kappa shape index (κ1) is 9.92. The summed E-state index contributed by atoms with van der Waals surface area (Å²) in [6.07, 6.45) is 6.46. The van der Waals surface area contributed by atoms with E-state index in [0.717, 1.165) is 0 Å². The first-order valence-electron chi connectivity index (χ1n) is 4.24. The normalized spacial score (nSPS) is 9.93. The fourth-order valence-corrected chi connectivity index (χ4v) is 1.50. The van der Waals surface area contributed by atoms with Crippen molar-refractivity contribution in [2.24, 2.45) is 0 Å². The molecule has 0 aliphatic rings. The van der Waals surface area contributed by atoms with Gasteiger partial charge in [0.05, 0.1) is 22.6 Å². The van der Waals surface area contributed by atoms with Crippen molar-refractivity contribution in [3.8, 4) is 11.5 Å². The van der Waals surface area contributed by atoms with Crippen LogP contribution in [0.3, 0.4) is 0 Å². The molecule has 0 fully saturated rings. The fourth-order valence-electron chi connectivity index (χ4n) is 1.07. The lowest BCUT2D eigenvalue weighted by Gasteiger charge is -2.08. The number of pyridine rings is 2. The zero-order valence-electron chi connectivity index (χ0n) is 7.72. The first-order chi connectivity index (χ1) is 7.27. The minimum absolute atomic E-state index is 0.480. The van der Waals surface area contributed by atoms with Crippen molar-refractivity contribution in [3.63, 3.8) is 0 Å². The van der Waals surface area contributed by atoms with E-state index in [4.69, 9.17) is 10.5 Å². The number of nitrogen functional groups attached to an aromatic ring is 1. The third kappa shape index (κ3) is 2.24. The highest BCUT2D eigenvalue weighted by Gasteiger charge is 2.06. The second-order valence-electron chi connectivity index (χ2n) is 2.83. The van der Waals surface area contributed by atoms with Crippen LogP contribution in [0.1, 0.15) is 0 Å². The summed E-state index contributed by atoms with van der Waals surface area (Å²) in [7, 11) is 0. The Labute approximate surface area is 95.2 Å². The number of hydrogen-bond donors (Lipinski definition) is 1. The summed E-state index contributed by atoms with van der Waals surface area (Å²) in [5.41, 5.74) is 6.21. The molecule has 0 unspecified atom stereocenters. The van der Waals surface area contributed by atoms with Gasteiger partial charge >= 0.3 is 0 Å². The lowest BCUT2D eigenvalue weighted by molar-refractivity contribution is 0.479. The average molecular weight is 266 g/mol. The van der Waals surface area contributed by atoms with Crippen LogP contribution >= 0.6 is 15.9 Å². The van der Waals surface area contributed by atoms with Gasteiger partial charge in [0.1, 0.15) is 5.75 Å². The predicted octanol–water partition coefficient (Wildman–Crippen LogP) is 2.61. The topological polar surface area (TPSA) is 61.0 Å². The van der Waals surface area contributed by atoms with Crippen LogP contribution in [-0.2, 0) is 0 Å². The average Bonchev–Trinajstić information content (AvgIpc) is 2.25. The second-order valence-corrected chi connectivity index (χ2v) is 3.68. The molecule has 0 saturated carbocycles. The van der Waals surface area contributed by atoms with Gasteiger partial charge in [-0.2, -0.15) is 0 Å². The molecular formula is C10H8BrN3O. The van der Waals surface area contributed by atoms with Crippen molar-refractivity contribution in [3.05, 3.63) is 41.4 Å². The molecule has 0 amide bonds. The van der Waals surface area contributed by atoms with Crippen LogP contribution in [0.4, 0.5) is 5.69 Å². The van der Waals surface area contributed by atoms with Gasteiger partial charge < -0.3 is 10.5 Å². The number of rotatable bonds is 2. The molecule has 2 heterocycles. The summed E-state index contributed by atoms with van der Waals surface area (Å²) in [6.45, 7) is 0. The van der Waals surface area contributed by atoms with Crippen LogP contribution in [0, 0.1) is 0 Å². The fraction of sp³-hybridized carbons (Fsp3) is 0. The first-order valence-corrected chi connectivity index (χ1v) is 5.03. The quantitative estimate of drug-likeness (QED) is 0.907. The van der Waals surface area contributed by atoms with Crippen LogP contribution in [0.5, 0.6) is 11.5 Å². The lowest BCUT2D eigenvalue weighted by atomic mass is 10.4. The Bertz CT molecular complexity index is 441. The Hall–Kier alpha value is -1.62. The molecule has 0 saturated heterocycles. The smallest absolute Gasteiger partial charge is 0.167 e. The van der Waals surface area contributed by atoms with Gasteiger partial charge in [-0.3, -0.25) is 9.97 Å². The molecule has 5 heteroatoms. The molecule has 0 aliphatic heterocycles. The van der Waals surface area contributed by atoms with Gasteiger partial charge in [-0.05, 0) is 28.1 Å². The highest BCUT2D eigenvalue weighted by atomic mass is 79.9.